The normalized spacial score (nSPS) is 24.2. The summed E-state index contributed by atoms with van der Waals surface area (Å²) in [6.45, 7) is 2.65. The van der Waals surface area contributed by atoms with Gasteiger partial charge in [-0.3, -0.25) is 14.5 Å². The van der Waals surface area contributed by atoms with Crippen LogP contribution >= 0.6 is 11.3 Å². The fraction of sp³-hybridized carbons (Fsp3) is 0.625. The van der Waals surface area contributed by atoms with E-state index in [1.165, 1.54) is 11.3 Å². The van der Waals surface area contributed by atoms with Crippen molar-refractivity contribution < 1.29 is 18.0 Å². The number of hydrogen-bond acceptors (Lipinski definition) is 6. The van der Waals surface area contributed by atoms with Crippen LogP contribution in [0, 0.1) is 0 Å². The minimum absolute atomic E-state index is 0.0126. The highest BCUT2D eigenvalue weighted by Gasteiger charge is 2.34. The van der Waals surface area contributed by atoms with E-state index in [0.29, 0.717) is 37.5 Å². The summed E-state index contributed by atoms with van der Waals surface area (Å²) in [4.78, 5) is 28.9. The lowest BCUT2D eigenvalue weighted by atomic mass is 10.1. The summed E-state index contributed by atoms with van der Waals surface area (Å²) in [6.07, 6.45) is 1.20. The summed E-state index contributed by atoms with van der Waals surface area (Å²) in [5.74, 6) is 0.560. The summed E-state index contributed by atoms with van der Waals surface area (Å²) in [6, 6.07) is 3.72. The maximum Gasteiger partial charge on any atom is 0.223 e. The second kappa shape index (κ2) is 7.33. The Morgan fingerprint density at radius 3 is 2.50 bits per heavy atom. The number of hydrogen-bond donors (Lipinski definition) is 0. The zero-order chi connectivity index (χ0) is 17.2. The molecule has 2 aliphatic heterocycles. The van der Waals surface area contributed by atoms with Gasteiger partial charge in [0, 0.05) is 45.1 Å². The molecule has 0 unspecified atom stereocenters. The molecule has 0 saturated carbocycles. The summed E-state index contributed by atoms with van der Waals surface area (Å²) in [7, 11) is -2.87. The molecule has 3 rings (SSSR count). The van der Waals surface area contributed by atoms with Gasteiger partial charge < -0.3 is 4.90 Å². The van der Waals surface area contributed by atoms with E-state index in [1.807, 2.05) is 11.4 Å². The first-order valence-corrected chi connectivity index (χ1v) is 10.9. The van der Waals surface area contributed by atoms with Crippen molar-refractivity contribution in [2.75, 3.05) is 37.7 Å². The highest BCUT2D eigenvalue weighted by atomic mass is 32.2. The third-order valence-electron chi connectivity index (χ3n) is 4.75. The van der Waals surface area contributed by atoms with E-state index in [0.717, 1.165) is 0 Å². The number of carbonyl (C=O) groups excluding carboxylic acids is 2. The Morgan fingerprint density at radius 1 is 1.17 bits per heavy atom. The van der Waals surface area contributed by atoms with Crippen molar-refractivity contribution in [3.05, 3.63) is 22.4 Å². The molecule has 0 bridgehead atoms. The number of carbonyl (C=O) groups is 2. The van der Waals surface area contributed by atoms with Crippen molar-refractivity contribution in [3.8, 4) is 0 Å². The molecular formula is C16H22N2O4S2. The van der Waals surface area contributed by atoms with Gasteiger partial charge in [0.15, 0.2) is 15.6 Å². The van der Waals surface area contributed by atoms with Crippen molar-refractivity contribution >= 4 is 32.9 Å². The van der Waals surface area contributed by atoms with Crippen LogP contribution < -0.4 is 0 Å². The van der Waals surface area contributed by atoms with Gasteiger partial charge in [-0.05, 0) is 17.9 Å². The van der Waals surface area contributed by atoms with E-state index >= 15 is 0 Å². The van der Waals surface area contributed by atoms with Gasteiger partial charge in [-0.15, -0.1) is 11.3 Å². The van der Waals surface area contributed by atoms with Gasteiger partial charge in [-0.2, -0.15) is 0 Å². The first kappa shape index (κ1) is 17.6. The summed E-state index contributed by atoms with van der Waals surface area (Å²) >= 11 is 1.40. The van der Waals surface area contributed by atoms with E-state index < -0.39 is 9.84 Å². The molecule has 0 spiro atoms. The van der Waals surface area contributed by atoms with Crippen molar-refractivity contribution in [2.24, 2.45) is 0 Å². The molecular weight excluding hydrogens is 348 g/mol. The van der Waals surface area contributed by atoms with Crippen LogP contribution in [-0.2, 0) is 14.6 Å². The highest BCUT2D eigenvalue weighted by Crippen LogP contribution is 2.20. The second-order valence-electron chi connectivity index (χ2n) is 6.37. The number of nitrogens with zero attached hydrogens (tertiary/aromatic N) is 2. The smallest absolute Gasteiger partial charge is 0.223 e. The topological polar surface area (TPSA) is 74.8 Å². The highest BCUT2D eigenvalue weighted by molar-refractivity contribution is 7.91. The lowest BCUT2D eigenvalue weighted by molar-refractivity contribution is -0.133. The maximum atomic E-state index is 12.3. The number of amides is 1. The number of rotatable bonds is 5. The first-order valence-electron chi connectivity index (χ1n) is 8.23. The van der Waals surface area contributed by atoms with Crippen molar-refractivity contribution in [2.45, 2.75) is 25.3 Å². The fourth-order valence-corrected chi connectivity index (χ4v) is 5.79. The maximum absolute atomic E-state index is 12.3. The molecule has 0 radical (unpaired) electrons. The molecule has 0 aromatic carbocycles. The number of ketones is 1. The summed E-state index contributed by atoms with van der Waals surface area (Å²) < 4.78 is 23.2. The average Bonchev–Trinajstić information content (AvgIpc) is 3.22. The van der Waals surface area contributed by atoms with Gasteiger partial charge in [0.2, 0.25) is 5.91 Å². The van der Waals surface area contributed by atoms with Gasteiger partial charge in [0.1, 0.15) is 0 Å². The van der Waals surface area contributed by atoms with Crippen LogP contribution in [0.1, 0.15) is 28.9 Å². The molecule has 6 nitrogen and oxygen atoms in total. The number of Topliss-reactive ketones (excluding diaryl/α,β-unsaturated/α-hetero) is 1. The molecule has 1 atom stereocenters. The fourth-order valence-electron chi connectivity index (χ4n) is 3.34. The SMILES string of the molecule is O=C(CCC(=O)N1CCN([C@H]2CCS(=O)(=O)C2)CC1)c1cccs1. The molecule has 0 N–H and O–H groups in total. The Morgan fingerprint density at radius 2 is 1.92 bits per heavy atom. The minimum Gasteiger partial charge on any atom is -0.340 e. The minimum atomic E-state index is -2.87. The molecule has 8 heteroatoms. The van der Waals surface area contributed by atoms with E-state index in [2.05, 4.69) is 4.90 Å². The largest absolute Gasteiger partial charge is 0.340 e. The van der Waals surface area contributed by atoms with Crippen LogP contribution in [0.5, 0.6) is 0 Å². The molecule has 2 fully saturated rings. The van der Waals surface area contributed by atoms with E-state index in [1.54, 1.807) is 11.0 Å². The Balaban J connectivity index is 1.43. The first-order chi connectivity index (χ1) is 11.4. The van der Waals surface area contributed by atoms with Crippen LogP contribution in [0.4, 0.5) is 0 Å². The lowest BCUT2D eigenvalue weighted by Crippen LogP contribution is -2.52. The van der Waals surface area contributed by atoms with Crippen LogP contribution in [0.25, 0.3) is 0 Å². The van der Waals surface area contributed by atoms with Gasteiger partial charge in [0.05, 0.1) is 16.4 Å². The lowest BCUT2D eigenvalue weighted by Gasteiger charge is -2.37. The van der Waals surface area contributed by atoms with Gasteiger partial charge in [-0.25, -0.2) is 8.42 Å². The standard InChI is InChI=1S/C16H22N2O4S2/c19-14(15-2-1-10-23-15)3-4-16(20)18-8-6-17(7-9-18)13-5-11-24(21,22)12-13/h1-2,10,13H,3-9,11-12H2/t13-/m0/s1. The molecule has 0 aliphatic carbocycles. The van der Waals surface area contributed by atoms with Gasteiger partial charge in [0.25, 0.3) is 0 Å². The number of thiophene rings is 1. The van der Waals surface area contributed by atoms with Crippen molar-refractivity contribution in [1.82, 2.24) is 9.80 Å². The predicted molar refractivity (Wildman–Crippen MR) is 93.1 cm³/mol. The van der Waals surface area contributed by atoms with Crippen LogP contribution in [0.3, 0.4) is 0 Å². The Labute approximate surface area is 146 Å². The van der Waals surface area contributed by atoms with Crippen LogP contribution in [-0.4, -0.2) is 73.6 Å². The van der Waals surface area contributed by atoms with Crippen LogP contribution in [0.15, 0.2) is 17.5 Å². The third-order valence-corrected chi connectivity index (χ3v) is 7.41. The molecule has 1 aromatic heterocycles. The van der Waals surface area contributed by atoms with Gasteiger partial charge >= 0.3 is 0 Å². The zero-order valence-electron chi connectivity index (χ0n) is 13.5. The van der Waals surface area contributed by atoms with Crippen LogP contribution in [0.2, 0.25) is 0 Å². The monoisotopic (exact) mass is 370 g/mol. The van der Waals surface area contributed by atoms with Gasteiger partial charge in [-0.1, -0.05) is 6.07 Å². The number of sulfone groups is 1. The summed E-state index contributed by atoms with van der Waals surface area (Å²) in [5, 5.41) is 1.86. The van der Waals surface area contributed by atoms with Crippen molar-refractivity contribution in [3.63, 3.8) is 0 Å². The molecule has 3 heterocycles. The molecule has 24 heavy (non-hydrogen) atoms. The third kappa shape index (κ3) is 4.23. The molecule has 1 aromatic rings. The summed E-state index contributed by atoms with van der Waals surface area (Å²) in [5.41, 5.74) is 0. The molecule has 1 amide bonds. The Hall–Kier alpha value is -1.25. The average molecular weight is 370 g/mol. The molecule has 132 valence electrons. The Bertz CT molecular complexity index is 692. The zero-order valence-corrected chi connectivity index (χ0v) is 15.2. The number of piperazine rings is 1. The van der Waals surface area contributed by atoms with E-state index in [4.69, 9.17) is 0 Å². The molecule has 2 aliphatic rings. The van der Waals surface area contributed by atoms with Crippen molar-refractivity contribution in [1.29, 1.82) is 0 Å². The Kier molecular flexibility index (Phi) is 5.36. The second-order valence-corrected chi connectivity index (χ2v) is 9.55. The predicted octanol–water partition coefficient (Wildman–Crippen LogP) is 1.04. The quantitative estimate of drug-likeness (QED) is 0.724. The van der Waals surface area contributed by atoms with E-state index in [9.17, 15) is 18.0 Å². The molecule has 2 saturated heterocycles. The van der Waals surface area contributed by atoms with E-state index in [-0.39, 0.29) is 42.1 Å².